The molecule has 7 heteroatoms. The Bertz CT molecular complexity index is 787. The van der Waals surface area contributed by atoms with Crippen molar-refractivity contribution in [1.29, 1.82) is 0 Å². The van der Waals surface area contributed by atoms with Gasteiger partial charge in [-0.25, -0.2) is 13.2 Å². The monoisotopic (exact) mass is 363 g/mol. The number of guanidine groups is 1. The predicted molar refractivity (Wildman–Crippen MR) is 94.6 cm³/mol. The van der Waals surface area contributed by atoms with Crippen molar-refractivity contribution in [2.75, 3.05) is 25.1 Å². The van der Waals surface area contributed by atoms with Crippen molar-refractivity contribution in [3.05, 3.63) is 65.5 Å². The average Bonchev–Trinajstić information content (AvgIpc) is 2.64. The van der Waals surface area contributed by atoms with Crippen LogP contribution in [-0.2, 0) is 10.2 Å². The van der Waals surface area contributed by atoms with Gasteiger partial charge in [-0.3, -0.25) is 4.99 Å². The quantitative estimate of drug-likeness (QED) is 0.645. The summed E-state index contributed by atoms with van der Waals surface area (Å²) in [4.78, 5) is 4.33. The Kier molecular flexibility index (Phi) is 5.46. The van der Waals surface area contributed by atoms with Gasteiger partial charge in [-0.15, -0.1) is 0 Å². The lowest BCUT2D eigenvalue weighted by atomic mass is 9.74. The van der Waals surface area contributed by atoms with Crippen LogP contribution in [0.5, 0.6) is 0 Å². The van der Waals surface area contributed by atoms with Crippen LogP contribution in [0.3, 0.4) is 0 Å². The zero-order valence-corrected chi connectivity index (χ0v) is 14.1. The molecule has 138 valence electrons. The molecule has 26 heavy (non-hydrogen) atoms. The first-order valence-corrected chi connectivity index (χ1v) is 8.34. The molecule has 0 atom stereocenters. The van der Waals surface area contributed by atoms with Crippen molar-refractivity contribution in [2.24, 2.45) is 10.7 Å². The van der Waals surface area contributed by atoms with E-state index in [-0.39, 0.29) is 22.9 Å². The number of ether oxygens (including phenoxy) is 1. The molecule has 2 aromatic rings. The minimum absolute atomic E-state index is 0.0116. The molecule has 0 aliphatic carbocycles. The second-order valence-electron chi connectivity index (χ2n) is 6.35. The summed E-state index contributed by atoms with van der Waals surface area (Å²) >= 11 is 0. The van der Waals surface area contributed by atoms with Gasteiger partial charge in [0.25, 0.3) is 0 Å². The number of nitrogens with one attached hydrogen (secondary N) is 1. The Morgan fingerprint density at radius 1 is 1.04 bits per heavy atom. The number of nitrogens with two attached hydrogens (primary N) is 1. The second kappa shape index (κ2) is 7.78. The van der Waals surface area contributed by atoms with E-state index in [1.165, 1.54) is 12.1 Å². The molecule has 1 aliphatic rings. The summed E-state index contributed by atoms with van der Waals surface area (Å²) in [6, 6.07) is 9.38. The molecule has 3 rings (SSSR count). The lowest BCUT2D eigenvalue weighted by Crippen LogP contribution is -2.38. The van der Waals surface area contributed by atoms with Gasteiger partial charge in [0.2, 0.25) is 0 Å². The fourth-order valence-electron chi connectivity index (χ4n) is 3.11. The number of rotatable bonds is 4. The molecule has 1 aliphatic heterocycles. The smallest absolute Gasteiger partial charge is 0.193 e. The average molecular weight is 363 g/mol. The summed E-state index contributed by atoms with van der Waals surface area (Å²) in [6.07, 6.45) is 1.42. The number of anilines is 1. The maximum Gasteiger partial charge on any atom is 0.193 e. The van der Waals surface area contributed by atoms with Crippen molar-refractivity contribution in [3.63, 3.8) is 0 Å². The molecule has 1 saturated heterocycles. The number of benzene rings is 2. The van der Waals surface area contributed by atoms with Gasteiger partial charge in [0.15, 0.2) is 5.96 Å². The van der Waals surface area contributed by atoms with Crippen LogP contribution in [-0.4, -0.2) is 25.7 Å². The minimum atomic E-state index is -0.621. The summed E-state index contributed by atoms with van der Waals surface area (Å²) in [7, 11) is 0. The van der Waals surface area contributed by atoms with Gasteiger partial charge in [0.1, 0.15) is 17.5 Å². The number of aliphatic imine (C=N–C) groups is 1. The normalized spacial score (nSPS) is 17.1. The largest absolute Gasteiger partial charge is 0.381 e. The van der Waals surface area contributed by atoms with E-state index in [1.807, 2.05) is 0 Å². The first-order chi connectivity index (χ1) is 12.5. The van der Waals surface area contributed by atoms with E-state index >= 15 is 0 Å². The molecule has 4 nitrogen and oxygen atoms in total. The molecular formula is C19H20F3N3O. The van der Waals surface area contributed by atoms with Crippen LogP contribution in [0.4, 0.5) is 18.9 Å². The maximum atomic E-state index is 13.7. The van der Waals surface area contributed by atoms with Gasteiger partial charge in [-0.1, -0.05) is 12.1 Å². The third-order valence-corrected chi connectivity index (χ3v) is 4.65. The van der Waals surface area contributed by atoms with Crippen molar-refractivity contribution in [1.82, 2.24) is 0 Å². The van der Waals surface area contributed by atoms with Gasteiger partial charge in [-0.2, -0.15) is 0 Å². The van der Waals surface area contributed by atoms with Crippen molar-refractivity contribution >= 4 is 11.6 Å². The zero-order valence-electron chi connectivity index (χ0n) is 14.1. The minimum Gasteiger partial charge on any atom is -0.381 e. The van der Waals surface area contributed by atoms with E-state index in [0.717, 1.165) is 23.8 Å². The Hall–Kier alpha value is -2.54. The van der Waals surface area contributed by atoms with E-state index in [9.17, 15) is 13.2 Å². The summed E-state index contributed by atoms with van der Waals surface area (Å²) < 4.78 is 45.7. The van der Waals surface area contributed by atoms with E-state index in [0.29, 0.717) is 32.6 Å². The van der Waals surface area contributed by atoms with E-state index in [2.05, 4.69) is 10.3 Å². The molecule has 0 unspecified atom stereocenters. The van der Waals surface area contributed by atoms with Gasteiger partial charge < -0.3 is 15.8 Å². The van der Waals surface area contributed by atoms with E-state index in [1.54, 1.807) is 12.1 Å². The predicted octanol–water partition coefficient (Wildman–Crippen LogP) is 3.58. The van der Waals surface area contributed by atoms with Crippen LogP contribution >= 0.6 is 0 Å². The Morgan fingerprint density at radius 2 is 1.69 bits per heavy atom. The van der Waals surface area contributed by atoms with Gasteiger partial charge in [0, 0.05) is 24.7 Å². The van der Waals surface area contributed by atoms with E-state index in [4.69, 9.17) is 10.5 Å². The van der Waals surface area contributed by atoms with Crippen LogP contribution < -0.4 is 11.1 Å². The van der Waals surface area contributed by atoms with Crippen LogP contribution in [0.1, 0.15) is 18.4 Å². The summed E-state index contributed by atoms with van der Waals surface area (Å²) in [5.74, 6) is -1.51. The molecule has 3 N–H and O–H groups in total. The third kappa shape index (κ3) is 4.16. The number of hydrogen-bond acceptors (Lipinski definition) is 2. The van der Waals surface area contributed by atoms with Crippen molar-refractivity contribution in [2.45, 2.75) is 18.3 Å². The summed E-state index contributed by atoms with van der Waals surface area (Å²) in [5, 5.41) is 2.59. The van der Waals surface area contributed by atoms with Crippen LogP contribution in [0.2, 0.25) is 0 Å². The zero-order chi connectivity index (χ0) is 18.6. The molecule has 0 spiro atoms. The fraction of sp³-hybridized carbons (Fsp3) is 0.316. The van der Waals surface area contributed by atoms with E-state index < -0.39 is 11.6 Å². The number of hydrogen-bond donors (Lipinski definition) is 2. The van der Waals surface area contributed by atoms with Crippen molar-refractivity contribution in [3.8, 4) is 0 Å². The highest BCUT2D eigenvalue weighted by atomic mass is 19.1. The third-order valence-electron chi connectivity index (χ3n) is 4.65. The molecule has 0 bridgehead atoms. The Balaban J connectivity index is 1.79. The topological polar surface area (TPSA) is 59.6 Å². The lowest BCUT2D eigenvalue weighted by Gasteiger charge is -2.36. The first kappa shape index (κ1) is 18.3. The molecule has 1 heterocycles. The van der Waals surface area contributed by atoms with Crippen molar-refractivity contribution < 1.29 is 17.9 Å². The van der Waals surface area contributed by atoms with Gasteiger partial charge in [0.05, 0.1) is 12.2 Å². The van der Waals surface area contributed by atoms with Crippen LogP contribution in [0.15, 0.2) is 47.5 Å². The summed E-state index contributed by atoms with van der Waals surface area (Å²) in [5.41, 5.74) is 6.41. The Labute approximate surface area is 149 Å². The molecule has 1 fully saturated rings. The van der Waals surface area contributed by atoms with Crippen LogP contribution in [0.25, 0.3) is 0 Å². The maximum absolute atomic E-state index is 13.7. The molecular weight excluding hydrogens is 343 g/mol. The van der Waals surface area contributed by atoms with Crippen LogP contribution in [0, 0.1) is 17.5 Å². The van der Waals surface area contributed by atoms with Gasteiger partial charge >= 0.3 is 0 Å². The highest BCUT2D eigenvalue weighted by molar-refractivity contribution is 5.92. The molecule has 0 radical (unpaired) electrons. The number of nitrogens with zero attached hydrogens (tertiary/aromatic N) is 1. The highest BCUT2D eigenvalue weighted by Crippen LogP contribution is 2.35. The fourth-order valence-corrected chi connectivity index (χ4v) is 3.11. The SMILES string of the molecule is NC(=NCC1(c2ccc(F)cc2)CCOCC1)Nc1cc(F)ccc1F. The molecule has 0 saturated carbocycles. The standard InChI is InChI=1S/C19H20F3N3O/c20-14-3-1-13(2-4-14)19(7-9-26-10-8-19)12-24-18(23)25-17-11-15(21)5-6-16(17)22/h1-6,11H,7-10,12H2,(H3,23,24,25). The number of halogens is 3. The molecule has 0 amide bonds. The second-order valence-corrected chi connectivity index (χ2v) is 6.35. The molecule has 2 aromatic carbocycles. The summed E-state index contributed by atoms with van der Waals surface area (Å²) in [6.45, 7) is 1.47. The Morgan fingerprint density at radius 3 is 2.38 bits per heavy atom. The van der Waals surface area contributed by atoms with Gasteiger partial charge in [-0.05, 0) is 42.7 Å². The molecule has 0 aromatic heterocycles. The highest BCUT2D eigenvalue weighted by Gasteiger charge is 2.34. The first-order valence-electron chi connectivity index (χ1n) is 8.34. The lowest BCUT2D eigenvalue weighted by molar-refractivity contribution is 0.0531.